The summed E-state index contributed by atoms with van der Waals surface area (Å²) in [6.45, 7) is 7.28. The molecule has 0 saturated carbocycles. The molecule has 1 atom stereocenters. The molecule has 0 aliphatic rings. The van der Waals surface area contributed by atoms with Crippen molar-refractivity contribution in [3.8, 4) is 5.69 Å². The minimum absolute atomic E-state index is 0.0498. The zero-order valence-corrected chi connectivity index (χ0v) is 16.9. The molecule has 1 N–H and O–H groups in total. The van der Waals surface area contributed by atoms with Crippen LogP contribution in [0.1, 0.15) is 35.3 Å². The molecule has 1 amide bonds. The van der Waals surface area contributed by atoms with Crippen LogP contribution in [0.15, 0.2) is 47.6 Å². The van der Waals surface area contributed by atoms with Gasteiger partial charge in [-0.15, -0.1) is 5.10 Å². The van der Waals surface area contributed by atoms with Gasteiger partial charge in [-0.25, -0.2) is 0 Å². The molecule has 1 aromatic heterocycles. The first kappa shape index (κ1) is 19.8. The molecule has 8 heteroatoms. The molecule has 0 aliphatic carbocycles. The van der Waals surface area contributed by atoms with E-state index in [2.05, 4.69) is 20.8 Å². The number of benzene rings is 2. The number of rotatable bonds is 6. The Balaban J connectivity index is 1.75. The van der Waals surface area contributed by atoms with Gasteiger partial charge in [0.1, 0.15) is 0 Å². The highest BCUT2D eigenvalue weighted by molar-refractivity contribution is 8.00. The number of hydrogen-bond acceptors (Lipinski definition) is 6. The topological polar surface area (TPSA) is 89.8 Å². The van der Waals surface area contributed by atoms with Crippen LogP contribution < -0.4 is 5.32 Å². The van der Waals surface area contributed by atoms with Crippen LogP contribution in [-0.4, -0.2) is 37.1 Å². The van der Waals surface area contributed by atoms with E-state index in [-0.39, 0.29) is 11.7 Å². The number of thioether (sulfide) groups is 1. The minimum Gasteiger partial charge on any atom is -0.325 e. The molecule has 2 aromatic carbocycles. The molecule has 0 radical (unpaired) electrons. The SMILES string of the molecule is CC(=O)c1cccc(NC(=O)[C@H](C)Sc2nnnn2-c2cc(C)ccc2C)c1. The number of amides is 1. The van der Waals surface area contributed by atoms with Crippen molar-refractivity contribution < 1.29 is 9.59 Å². The maximum Gasteiger partial charge on any atom is 0.237 e. The van der Waals surface area contributed by atoms with Crippen molar-refractivity contribution in [3.63, 3.8) is 0 Å². The Morgan fingerprint density at radius 3 is 2.68 bits per heavy atom. The molecule has 1 heterocycles. The summed E-state index contributed by atoms with van der Waals surface area (Å²) in [4.78, 5) is 24.1. The molecule has 0 bridgehead atoms. The lowest BCUT2D eigenvalue weighted by Crippen LogP contribution is -2.23. The van der Waals surface area contributed by atoms with E-state index in [1.165, 1.54) is 18.7 Å². The van der Waals surface area contributed by atoms with E-state index in [1.807, 2.05) is 32.0 Å². The van der Waals surface area contributed by atoms with Crippen molar-refractivity contribution >= 4 is 29.1 Å². The number of Topliss-reactive ketones (excluding diaryl/α,β-unsaturated/α-hetero) is 1. The predicted molar refractivity (Wildman–Crippen MR) is 109 cm³/mol. The van der Waals surface area contributed by atoms with Gasteiger partial charge in [-0.05, 0) is 67.4 Å². The van der Waals surface area contributed by atoms with E-state index >= 15 is 0 Å². The molecule has 0 saturated heterocycles. The number of nitrogens with zero attached hydrogens (tertiary/aromatic N) is 4. The zero-order chi connectivity index (χ0) is 20.3. The number of nitrogens with one attached hydrogen (secondary N) is 1. The van der Waals surface area contributed by atoms with Gasteiger partial charge in [0.15, 0.2) is 5.78 Å². The number of tetrazole rings is 1. The summed E-state index contributed by atoms with van der Waals surface area (Å²) in [7, 11) is 0. The van der Waals surface area contributed by atoms with E-state index in [0.717, 1.165) is 16.8 Å². The molecule has 0 aliphatic heterocycles. The standard InChI is InChI=1S/C20H21N5O2S/c1-12-8-9-13(2)18(10-12)25-20(22-23-24-25)28-15(4)19(27)21-17-7-5-6-16(11-17)14(3)26/h5-11,15H,1-4H3,(H,21,27)/t15-/m0/s1. The molecule has 144 valence electrons. The third-order valence-corrected chi connectivity index (χ3v) is 5.25. The molecule has 0 fully saturated rings. The molecule has 3 aromatic rings. The predicted octanol–water partition coefficient (Wildman–Crippen LogP) is 3.60. The second kappa shape index (κ2) is 8.35. The summed E-state index contributed by atoms with van der Waals surface area (Å²) < 4.78 is 1.65. The minimum atomic E-state index is -0.434. The van der Waals surface area contributed by atoms with Crippen LogP contribution in [0.2, 0.25) is 0 Å². The summed E-state index contributed by atoms with van der Waals surface area (Å²) in [5.41, 5.74) is 4.16. The number of carbonyl (C=O) groups is 2. The molecular formula is C20H21N5O2S. The average Bonchev–Trinajstić information content (AvgIpc) is 3.11. The molecule has 3 rings (SSSR count). The number of anilines is 1. The number of hydrogen-bond donors (Lipinski definition) is 1. The largest absolute Gasteiger partial charge is 0.325 e. The van der Waals surface area contributed by atoms with Gasteiger partial charge in [0.05, 0.1) is 10.9 Å². The first-order valence-electron chi connectivity index (χ1n) is 8.79. The highest BCUT2D eigenvalue weighted by Crippen LogP contribution is 2.25. The molecule has 7 nitrogen and oxygen atoms in total. The van der Waals surface area contributed by atoms with Gasteiger partial charge >= 0.3 is 0 Å². The van der Waals surface area contributed by atoms with Crippen LogP contribution in [-0.2, 0) is 4.79 Å². The molecule has 28 heavy (non-hydrogen) atoms. The lowest BCUT2D eigenvalue weighted by Gasteiger charge is -2.13. The van der Waals surface area contributed by atoms with Crippen LogP contribution in [0.3, 0.4) is 0 Å². The van der Waals surface area contributed by atoms with E-state index in [9.17, 15) is 9.59 Å². The summed E-state index contributed by atoms with van der Waals surface area (Å²) in [6.07, 6.45) is 0. The lowest BCUT2D eigenvalue weighted by molar-refractivity contribution is -0.115. The van der Waals surface area contributed by atoms with Crippen molar-refractivity contribution in [1.82, 2.24) is 20.2 Å². The quantitative estimate of drug-likeness (QED) is 0.507. The Hall–Kier alpha value is -3.00. The van der Waals surface area contributed by atoms with Gasteiger partial charge in [-0.1, -0.05) is 36.0 Å². The van der Waals surface area contributed by atoms with Crippen LogP contribution in [0.25, 0.3) is 5.69 Å². The lowest BCUT2D eigenvalue weighted by atomic mass is 10.1. The fourth-order valence-electron chi connectivity index (χ4n) is 2.62. The van der Waals surface area contributed by atoms with Crippen LogP contribution in [0.4, 0.5) is 5.69 Å². The smallest absolute Gasteiger partial charge is 0.237 e. The second-order valence-electron chi connectivity index (χ2n) is 6.55. The first-order valence-corrected chi connectivity index (χ1v) is 9.67. The maximum atomic E-state index is 12.6. The van der Waals surface area contributed by atoms with E-state index in [0.29, 0.717) is 16.4 Å². The highest BCUT2D eigenvalue weighted by atomic mass is 32.2. The first-order chi connectivity index (χ1) is 13.3. The molecule has 0 unspecified atom stereocenters. The van der Waals surface area contributed by atoms with Gasteiger partial charge in [-0.2, -0.15) is 4.68 Å². The fourth-order valence-corrected chi connectivity index (χ4v) is 3.42. The number of aryl methyl sites for hydroxylation is 2. The third kappa shape index (κ3) is 4.45. The van der Waals surface area contributed by atoms with E-state index in [4.69, 9.17) is 0 Å². The maximum absolute atomic E-state index is 12.6. The van der Waals surface area contributed by atoms with Crippen molar-refractivity contribution in [3.05, 3.63) is 59.2 Å². The normalized spacial score (nSPS) is 11.9. The van der Waals surface area contributed by atoms with Crippen molar-refractivity contribution in [2.45, 2.75) is 38.1 Å². The van der Waals surface area contributed by atoms with Crippen LogP contribution >= 0.6 is 11.8 Å². The third-order valence-electron chi connectivity index (χ3n) is 4.22. The van der Waals surface area contributed by atoms with Crippen LogP contribution in [0, 0.1) is 13.8 Å². The van der Waals surface area contributed by atoms with Crippen molar-refractivity contribution in [2.75, 3.05) is 5.32 Å². The Morgan fingerprint density at radius 2 is 1.93 bits per heavy atom. The Kier molecular flexibility index (Phi) is 5.89. The van der Waals surface area contributed by atoms with Crippen LogP contribution in [0.5, 0.6) is 0 Å². The summed E-state index contributed by atoms with van der Waals surface area (Å²) in [5, 5.41) is 14.9. The molecular weight excluding hydrogens is 374 g/mol. The summed E-state index contributed by atoms with van der Waals surface area (Å²) in [6, 6.07) is 12.9. The Morgan fingerprint density at radius 1 is 1.14 bits per heavy atom. The molecule has 0 spiro atoms. The van der Waals surface area contributed by atoms with Gasteiger partial charge in [-0.3, -0.25) is 9.59 Å². The van der Waals surface area contributed by atoms with Crippen molar-refractivity contribution in [1.29, 1.82) is 0 Å². The highest BCUT2D eigenvalue weighted by Gasteiger charge is 2.20. The van der Waals surface area contributed by atoms with E-state index < -0.39 is 5.25 Å². The van der Waals surface area contributed by atoms with Gasteiger partial charge < -0.3 is 5.32 Å². The number of carbonyl (C=O) groups excluding carboxylic acids is 2. The zero-order valence-electron chi connectivity index (χ0n) is 16.1. The van der Waals surface area contributed by atoms with Gasteiger partial charge in [0.2, 0.25) is 11.1 Å². The summed E-state index contributed by atoms with van der Waals surface area (Å²) >= 11 is 1.27. The van der Waals surface area contributed by atoms with Gasteiger partial charge in [0, 0.05) is 11.3 Å². The average molecular weight is 395 g/mol. The summed E-state index contributed by atoms with van der Waals surface area (Å²) in [5.74, 6) is -0.243. The monoisotopic (exact) mass is 395 g/mol. The van der Waals surface area contributed by atoms with E-state index in [1.54, 1.807) is 35.9 Å². The second-order valence-corrected chi connectivity index (χ2v) is 7.86. The number of aromatic nitrogens is 4. The van der Waals surface area contributed by atoms with Gasteiger partial charge in [0.25, 0.3) is 0 Å². The Labute approximate surface area is 167 Å². The van der Waals surface area contributed by atoms with Crippen molar-refractivity contribution in [2.24, 2.45) is 0 Å². The fraction of sp³-hybridized carbons (Fsp3) is 0.250. The number of ketones is 1. The Bertz CT molecular complexity index is 1030.